The lowest BCUT2D eigenvalue weighted by atomic mass is 9.95. The second-order valence-electron chi connectivity index (χ2n) is 5.04. The molecule has 1 aliphatic rings. The molecule has 1 saturated heterocycles. The third kappa shape index (κ3) is 2.75. The van der Waals surface area contributed by atoms with E-state index in [1.807, 2.05) is 36.9 Å². The van der Waals surface area contributed by atoms with E-state index >= 15 is 0 Å². The van der Waals surface area contributed by atoms with Crippen LogP contribution in [0.25, 0.3) is 0 Å². The van der Waals surface area contributed by atoms with Gasteiger partial charge in [0.1, 0.15) is 0 Å². The minimum atomic E-state index is -0.278. The fraction of sp³-hybridized carbons (Fsp3) is 0.500. The summed E-state index contributed by atoms with van der Waals surface area (Å²) < 4.78 is 0.985. The van der Waals surface area contributed by atoms with Crippen LogP contribution in [0.5, 0.6) is 0 Å². The minimum absolute atomic E-state index is 0.0683. The van der Waals surface area contributed by atoms with E-state index in [1.54, 1.807) is 0 Å². The first-order valence-electron chi connectivity index (χ1n) is 6.22. The Morgan fingerprint density at radius 3 is 2.83 bits per heavy atom. The number of amides is 1. The number of hydrogen-bond acceptors (Lipinski definition) is 2. The molecule has 1 fully saturated rings. The second kappa shape index (κ2) is 5.41. The number of likely N-dealkylation sites (tertiary alicyclic amines) is 1. The number of halogens is 1. The molecule has 2 unspecified atom stereocenters. The van der Waals surface area contributed by atoms with Crippen LogP contribution in [-0.2, 0) is 0 Å². The van der Waals surface area contributed by atoms with Crippen LogP contribution >= 0.6 is 15.9 Å². The molecule has 98 valence electrons. The predicted molar refractivity (Wildman–Crippen MR) is 74.6 cm³/mol. The third-order valence-corrected chi connectivity index (χ3v) is 4.06. The number of nitrogens with zero attached hydrogens (tertiary/aromatic N) is 1. The number of aliphatic hydroxyl groups excluding tert-OH is 1. The van der Waals surface area contributed by atoms with Crippen molar-refractivity contribution < 1.29 is 9.90 Å². The Morgan fingerprint density at radius 2 is 2.22 bits per heavy atom. The second-order valence-corrected chi connectivity index (χ2v) is 5.96. The van der Waals surface area contributed by atoms with Gasteiger partial charge in [-0.3, -0.25) is 4.79 Å². The Balaban J connectivity index is 2.16. The Hall–Kier alpha value is -0.870. The summed E-state index contributed by atoms with van der Waals surface area (Å²) in [5.74, 6) is 0.220. The number of carbonyl (C=O) groups excluding carboxylic acids is 1. The normalized spacial score (nSPS) is 24.1. The molecule has 1 N–H and O–H groups in total. The van der Waals surface area contributed by atoms with Crippen LogP contribution in [0.2, 0.25) is 0 Å². The lowest BCUT2D eigenvalue weighted by Crippen LogP contribution is -2.45. The van der Waals surface area contributed by atoms with Crippen molar-refractivity contribution in [1.29, 1.82) is 0 Å². The Bertz CT molecular complexity index is 461. The van der Waals surface area contributed by atoms with Gasteiger partial charge in [-0.15, -0.1) is 0 Å². The molecule has 18 heavy (non-hydrogen) atoms. The van der Waals surface area contributed by atoms with Gasteiger partial charge in [-0.05, 0) is 43.0 Å². The smallest absolute Gasteiger partial charge is 0.254 e. The van der Waals surface area contributed by atoms with E-state index in [2.05, 4.69) is 15.9 Å². The quantitative estimate of drug-likeness (QED) is 0.866. The molecule has 4 heteroatoms. The topological polar surface area (TPSA) is 40.5 Å². The minimum Gasteiger partial charge on any atom is -0.393 e. The molecule has 2 rings (SSSR count). The van der Waals surface area contributed by atoms with Gasteiger partial charge in [0.15, 0.2) is 0 Å². The molecule has 0 bridgehead atoms. The van der Waals surface area contributed by atoms with Gasteiger partial charge in [0.2, 0.25) is 0 Å². The molecule has 0 saturated carbocycles. The summed E-state index contributed by atoms with van der Waals surface area (Å²) in [6.07, 6.45) is 0.391. The van der Waals surface area contributed by atoms with Crippen LogP contribution in [0.3, 0.4) is 0 Å². The average molecular weight is 312 g/mol. The summed E-state index contributed by atoms with van der Waals surface area (Å²) in [5.41, 5.74) is 1.73. The van der Waals surface area contributed by atoms with Gasteiger partial charge in [0.05, 0.1) is 6.10 Å². The number of rotatable bonds is 1. The van der Waals surface area contributed by atoms with E-state index in [0.717, 1.165) is 15.6 Å². The fourth-order valence-electron chi connectivity index (χ4n) is 2.36. The van der Waals surface area contributed by atoms with E-state index in [9.17, 15) is 9.90 Å². The first-order valence-corrected chi connectivity index (χ1v) is 7.02. The summed E-state index contributed by atoms with van der Waals surface area (Å²) >= 11 is 3.40. The zero-order valence-electron chi connectivity index (χ0n) is 10.7. The van der Waals surface area contributed by atoms with E-state index in [0.29, 0.717) is 19.5 Å². The van der Waals surface area contributed by atoms with Crippen molar-refractivity contribution in [3.63, 3.8) is 0 Å². The number of aryl methyl sites for hydroxylation is 1. The van der Waals surface area contributed by atoms with Gasteiger partial charge in [-0.1, -0.05) is 22.9 Å². The monoisotopic (exact) mass is 311 g/mol. The van der Waals surface area contributed by atoms with Gasteiger partial charge < -0.3 is 10.0 Å². The summed E-state index contributed by atoms with van der Waals surface area (Å²) in [6.45, 7) is 5.20. The first-order chi connectivity index (χ1) is 8.49. The molecule has 1 aliphatic heterocycles. The summed E-state index contributed by atoms with van der Waals surface area (Å²) in [6, 6.07) is 5.70. The maximum absolute atomic E-state index is 12.4. The van der Waals surface area contributed by atoms with Gasteiger partial charge in [-0.25, -0.2) is 0 Å². The van der Waals surface area contributed by atoms with Crippen molar-refractivity contribution in [2.45, 2.75) is 26.4 Å². The Morgan fingerprint density at radius 1 is 1.50 bits per heavy atom. The van der Waals surface area contributed by atoms with Crippen LogP contribution < -0.4 is 0 Å². The molecule has 0 spiro atoms. The van der Waals surface area contributed by atoms with Gasteiger partial charge in [-0.2, -0.15) is 0 Å². The average Bonchev–Trinajstić information content (AvgIpc) is 2.32. The van der Waals surface area contributed by atoms with Crippen molar-refractivity contribution in [1.82, 2.24) is 4.90 Å². The van der Waals surface area contributed by atoms with Gasteiger partial charge in [0.25, 0.3) is 5.91 Å². The third-order valence-electron chi connectivity index (χ3n) is 3.57. The summed E-state index contributed by atoms with van der Waals surface area (Å²) in [5, 5.41) is 9.69. The lowest BCUT2D eigenvalue weighted by molar-refractivity contribution is 0.0297. The highest BCUT2D eigenvalue weighted by Crippen LogP contribution is 2.21. The largest absolute Gasteiger partial charge is 0.393 e. The molecular formula is C14H18BrNO2. The molecule has 0 aliphatic carbocycles. The molecule has 2 atom stereocenters. The highest BCUT2D eigenvalue weighted by Gasteiger charge is 2.28. The Kier molecular flexibility index (Phi) is 4.07. The standard InChI is InChI=1S/C14H18BrNO2/c1-9-7-11(15)3-4-12(9)14(18)16-6-5-13(17)10(2)8-16/h3-4,7,10,13,17H,5-6,8H2,1-2H3. The fourth-order valence-corrected chi connectivity index (χ4v) is 2.83. The maximum Gasteiger partial charge on any atom is 0.254 e. The van der Waals surface area contributed by atoms with Gasteiger partial charge >= 0.3 is 0 Å². The van der Waals surface area contributed by atoms with E-state index in [-0.39, 0.29) is 17.9 Å². The molecule has 3 nitrogen and oxygen atoms in total. The van der Waals surface area contributed by atoms with Crippen molar-refractivity contribution in [2.24, 2.45) is 5.92 Å². The van der Waals surface area contributed by atoms with Crippen molar-refractivity contribution in [2.75, 3.05) is 13.1 Å². The number of hydrogen-bond donors (Lipinski definition) is 1. The van der Waals surface area contributed by atoms with E-state index < -0.39 is 0 Å². The molecule has 1 amide bonds. The van der Waals surface area contributed by atoms with E-state index in [4.69, 9.17) is 0 Å². The first kappa shape index (κ1) is 13.6. The SMILES string of the molecule is Cc1cc(Br)ccc1C(=O)N1CCC(O)C(C)C1. The number of piperidine rings is 1. The Labute approximate surface area is 116 Å². The molecule has 1 heterocycles. The molecule has 0 radical (unpaired) electrons. The van der Waals surface area contributed by atoms with Crippen LogP contribution in [0.4, 0.5) is 0 Å². The van der Waals surface area contributed by atoms with Gasteiger partial charge in [0, 0.05) is 23.1 Å². The highest BCUT2D eigenvalue weighted by molar-refractivity contribution is 9.10. The number of benzene rings is 1. The zero-order valence-corrected chi connectivity index (χ0v) is 12.3. The van der Waals surface area contributed by atoms with Crippen LogP contribution in [0.15, 0.2) is 22.7 Å². The van der Waals surface area contributed by atoms with E-state index in [1.165, 1.54) is 0 Å². The van der Waals surface area contributed by atoms with Crippen molar-refractivity contribution in [3.8, 4) is 0 Å². The van der Waals surface area contributed by atoms with Crippen molar-refractivity contribution in [3.05, 3.63) is 33.8 Å². The van der Waals surface area contributed by atoms with Crippen LogP contribution in [0, 0.1) is 12.8 Å². The number of aliphatic hydroxyl groups is 1. The predicted octanol–water partition coefficient (Wildman–Crippen LogP) is 2.60. The summed E-state index contributed by atoms with van der Waals surface area (Å²) in [4.78, 5) is 14.3. The van der Waals surface area contributed by atoms with Crippen molar-refractivity contribution >= 4 is 21.8 Å². The van der Waals surface area contributed by atoms with Crippen LogP contribution in [-0.4, -0.2) is 35.1 Å². The maximum atomic E-state index is 12.4. The molecule has 0 aromatic heterocycles. The van der Waals surface area contributed by atoms with Crippen LogP contribution in [0.1, 0.15) is 29.3 Å². The molecule has 1 aromatic rings. The molecular weight excluding hydrogens is 294 g/mol. The molecule has 1 aromatic carbocycles. The highest BCUT2D eigenvalue weighted by atomic mass is 79.9. The zero-order chi connectivity index (χ0) is 13.3. The summed E-state index contributed by atoms with van der Waals surface area (Å²) in [7, 11) is 0. The lowest BCUT2D eigenvalue weighted by Gasteiger charge is -2.34. The number of carbonyl (C=O) groups is 1.